The molecule has 27 heavy (non-hydrogen) atoms. The van der Waals surface area contributed by atoms with E-state index < -0.39 is 10.0 Å². The van der Waals surface area contributed by atoms with Crippen LogP contribution >= 0.6 is 27.3 Å². The fourth-order valence-corrected chi connectivity index (χ4v) is 7.04. The van der Waals surface area contributed by atoms with Crippen LogP contribution in [0.15, 0.2) is 44.4 Å². The Balaban J connectivity index is 1.39. The molecule has 6 nitrogen and oxygen atoms in total. The van der Waals surface area contributed by atoms with Gasteiger partial charge in [-0.25, -0.2) is 8.42 Å². The Kier molecular flexibility index (Phi) is 5.28. The molecule has 0 bridgehead atoms. The van der Waals surface area contributed by atoms with Crippen LogP contribution in [0.4, 0.5) is 0 Å². The van der Waals surface area contributed by atoms with Gasteiger partial charge in [0.2, 0.25) is 5.91 Å². The molecule has 2 aromatic rings. The Bertz CT molecular complexity index is 952. The standard InChI is InChI=1S/C18H19BrN2O4S2/c19-16-5-6-17(26-16)27(23,24)21-9-7-20(8-10-21)18(22)14-11-13-3-1-2-4-15(13)25-12-14/h1-6,14H,7-12H2. The Labute approximate surface area is 170 Å². The summed E-state index contributed by atoms with van der Waals surface area (Å²) in [6.07, 6.45) is 0.663. The van der Waals surface area contributed by atoms with Crippen LogP contribution in [0.1, 0.15) is 5.56 Å². The number of rotatable bonds is 3. The van der Waals surface area contributed by atoms with Gasteiger partial charge in [-0.2, -0.15) is 4.31 Å². The van der Waals surface area contributed by atoms with Crippen molar-refractivity contribution >= 4 is 43.2 Å². The second-order valence-corrected chi connectivity index (χ2v) is 11.2. The van der Waals surface area contributed by atoms with Crippen LogP contribution in [0.2, 0.25) is 0 Å². The van der Waals surface area contributed by atoms with Crippen molar-refractivity contribution in [3.8, 4) is 5.75 Å². The number of hydrogen-bond donors (Lipinski definition) is 0. The minimum atomic E-state index is -3.50. The van der Waals surface area contributed by atoms with Gasteiger partial charge in [0.05, 0.1) is 9.70 Å². The predicted molar refractivity (Wildman–Crippen MR) is 106 cm³/mol. The molecule has 4 rings (SSSR count). The van der Waals surface area contributed by atoms with Crippen molar-refractivity contribution < 1.29 is 17.9 Å². The van der Waals surface area contributed by atoms with E-state index in [2.05, 4.69) is 15.9 Å². The number of ether oxygens (including phenoxy) is 1. The maximum absolute atomic E-state index is 12.9. The van der Waals surface area contributed by atoms with Crippen LogP contribution in [0.3, 0.4) is 0 Å². The summed E-state index contributed by atoms with van der Waals surface area (Å²) in [5, 5.41) is 0. The number of nitrogens with zero attached hydrogens (tertiary/aromatic N) is 2. The summed E-state index contributed by atoms with van der Waals surface area (Å²) in [6, 6.07) is 11.1. The first kappa shape index (κ1) is 18.9. The fraction of sp³-hybridized carbons (Fsp3) is 0.389. The first-order valence-corrected chi connectivity index (χ1v) is 11.7. The highest BCUT2D eigenvalue weighted by molar-refractivity contribution is 9.11. The molecule has 1 fully saturated rings. The average molecular weight is 471 g/mol. The number of piperazine rings is 1. The van der Waals surface area contributed by atoms with E-state index in [0.717, 1.165) is 15.1 Å². The number of thiophene rings is 1. The van der Waals surface area contributed by atoms with Crippen molar-refractivity contribution in [2.75, 3.05) is 32.8 Å². The average Bonchev–Trinajstić information content (AvgIpc) is 3.14. The van der Waals surface area contributed by atoms with E-state index in [9.17, 15) is 13.2 Å². The Morgan fingerprint density at radius 1 is 1.11 bits per heavy atom. The van der Waals surface area contributed by atoms with Gasteiger partial charge in [0.15, 0.2) is 0 Å². The zero-order chi connectivity index (χ0) is 19.0. The molecule has 2 aliphatic heterocycles. The summed E-state index contributed by atoms with van der Waals surface area (Å²) in [5.74, 6) is 0.677. The third-order valence-corrected chi connectivity index (χ3v) is 8.91. The van der Waals surface area contributed by atoms with Crippen molar-refractivity contribution in [1.29, 1.82) is 0 Å². The van der Waals surface area contributed by atoms with Crippen molar-refractivity contribution in [3.05, 3.63) is 45.7 Å². The van der Waals surface area contributed by atoms with Gasteiger partial charge >= 0.3 is 0 Å². The van der Waals surface area contributed by atoms with Gasteiger partial charge in [-0.05, 0) is 46.1 Å². The largest absolute Gasteiger partial charge is 0.492 e. The minimum Gasteiger partial charge on any atom is -0.492 e. The van der Waals surface area contributed by atoms with Crippen LogP contribution in [0, 0.1) is 5.92 Å². The van der Waals surface area contributed by atoms with E-state index in [4.69, 9.17) is 4.74 Å². The molecule has 0 aliphatic carbocycles. The van der Waals surface area contributed by atoms with Gasteiger partial charge < -0.3 is 9.64 Å². The second kappa shape index (κ2) is 7.54. The van der Waals surface area contributed by atoms with E-state index in [1.54, 1.807) is 17.0 Å². The van der Waals surface area contributed by atoms with E-state index in [0.29, 0.717) is 43.4 Å². The monoisotopic (exact) mass is 470 g/mol. The molecule has 3 heterocycles. The zero-order valence-electron chi connectivity index (χ0n) is 14.5. The van der Waals surface area contributed by atoms with E-state index >= 15 is 0 Å². The molecule has 2 aliphatic rings. The number of amides is 1. The molecular weight excluding hydrogens is 452 g/mol. The summed E-state index contributed by atoms with van der Waals surface area (Å²) in [6.45, 7) is 1.81. The minimum absolute atomic E-state index is 0.0421. The van der Waals surface area contributed by atoms with Crippen LogP contribution in [-0.4, -0.2) is 56.3 Å². The van der Waals surface area contributed by atoms with E-state index in [1.165, 1.54) is 15.6 Å². The quantitative estimate of drug-likeness (QED) is 0.691. The van der Waals surface area contributed by atoms with E-state index in [1.807, 2.05) is 24.3 Å². The first-order chi connectivity index (χ1) is 12.9. The lowest BCUT2D eigenvalue weighted by molar-refractivity contribution is -0.138. The molecule has 0 radical (unpaired) electrons. The zero-order valence-corrected chi connectivity index (χ0v) is 17.7. The number of carbonyl (C=O) groups is 1. The second-order valence-electron chi connectivity index (χ2n) is 6.61. The predicted octanol–water partition coefficient (Wildman–Crippen LogP) is 2.59. The molecule has 9 heteroatoms. The third-order valence-electron chi connectivity index (χ3n) is 4.92. The lowest BCUT2D eigenvalue weighted by atomic mass is 9.95. The maximum Gasteiger partial charge on any atom is 0.252 e. The van der Waals surface area contributed by atoms with Crippen LogP contribution in [0.5, 0.6) is 5.75 Å². The number of hydrogen-bond acceptors (Lipinski definition) is 5. The molecule has 1 atom stereocenters. The van der Waals surface area contributed by atoms with Gasteiger partial charge in [-0.3, -0.25) is 4.79 Å². The Hall–Kier alpha value is -1.42. The molecule has 1 aromatic carbocycles. The fourth-order valence-electron chi connectivity index (χ4n) is 3.46. The van der Waals surface area contributed by atoms with Crippen molar-refractivity contribution in [3.63, 3.8) is 0 Å². The molecule has 1 saturated heterocycles. The van der Waals surface area contributed by atoms with Crippen molar-refractivity contribution in [2.24, 2.45) is 5.92 Å². The number of fused-ring (bicyclic) bond motifs is 1. The van der Waals surface area contributed by atoms with Crippen LogP contribution < -0.4 is 4.74 Å². The molecular formula is C18H19BrN2O4S2. The van der Waals surface area contributed by atoms with Crippen molar-refractivity contribution in [2.45, 2.75) is 10.6 Å². The lowest BCUT2D eigenvalue weighted by Gasteiger charge is -2.36. The van der Waals surface area contributed by atoms with Crippen molar-refractivity contribution in [1.82, 2.24) is 9.21 Å². The van der Waals surface area contributed by atoms with Gasteiger partial charge in [0.1, 0.15) is 16.6 Å². The van der Waals surface area contributed by atoms with Crippen LogP contribution in [-0.2, 0) is 21.2 Å². The summed E-state index contributed by atoms with van der Waals surface area (Å²) in [5.41, 5.74) is 1.05. The van der Waals surface area contributed by atoms with Gasteiger partial charge in [-0.1, -0.05) is 18.2 Å². The number of sulfonamides is 1. The molecule has 0 N–H and O–H groups in total. The van der Waals surface area contributed by atoms with Gasteiger partial charge in [0, 0.05) is 26.2 Å². The molecule has 1 aromatic heterocycles. The Morgan fingerprint density at radius 2 is 1.85 bits per heavy atom. The molecule has 1 amide bonds. The highest BCUT2D eigenvalue weighted by Gasteiger charge is 2.34. The number of benzene rings is 1. The third kappa shape index (κ3) is 3.78. The van der Waals surface area contributed by atoms with Gasteiger partial charge in [0.25, 0.3) is 10.0 Å². The molecule has 0 spiro atoms. The molecule has 144 valence electrons. The highest BCUT2D eigenvalue weighted by Crippen LogP contribution is 2.30. The summed E-state index contributed by atoms with van der Waals surface area (Å²) < 4.78 is 33.7. The topological polar surface area (TPSA) is 66.9 Å². The summed E-state index contributed by atoms with van der Waals surface area (Å²) >= 11 is 4.51. The van der Waals surface area contributed by atoms with Gasteiger partial charge in [-0.15, -0.1) is 11.3 Å². The molecule has 0 saturated carbocycles. The first-order valence-electron chi connectivity index (χ1n) is 8.70. The highest BCUT2D eigenvalue weighted by atomic mass is 79.9. The van der Waals surface area contributed by atoms with Crippen LogP contribution in [0.25, 0.3) is 0 Å². The molecule has 1 unspecified atom stereocenters. The maximum atomic E-state index is 12.9. The number of para-hydroxylation sites is 1. The number of halogens is 1. The SMILES string of the molecule is O=C(C1COc2ccccc2C1)N1CCN(S(=O)(=O)c2ccc(Br)s2)CC1. The normalized spacial score (nSPS) is 20.8. The summed E-state index contributed by atoms with van der Waals surface area (Å²) in [7, 11) is -3.50. The summed E-state index contributed by atoms with van der Waals surface area (Å²) in [4.78, 5) is 14.6. The lowest BCUT2D eigenvalue weighted by Crippen LogP contribution is -2.52. The number of carbonyl (C=O) groups excluding carboxylic acids is 1. The van der Waals surface area contributed by atoms with E-state index in [-0.39, 0.29) is 11.8 Å². The smallest absolute Gasteiger partial charge is 0.252 e. The Morgan fingerprint density at radius 3 is 2.56 bits per heavy atom.